The molecule has 0 aliphatic carbocycles. The van der Waals surface area contributed by atoms with Gasteiger partial charge < -0.3 is 10.6 Å². The lowest BCUT2D eigenvalue weighted by Crippen LogP contribution is -2.24. The van der Waals surface area contributed by atoms with E-state index in [4.69, 9.17) is 0 Å². The Balaban J connectivity index is 1.70. The van der Waals surface area contributed by atoms with Crippen molar-refractivity contribution in [1.82, 2.24) is 10.6 Å². The number of anilines is 1. The van der Waals surface area contributed by atoms with E-state index in [1.165, 1.54) is 12.1 Å². The highest BCUT2D eigenvalue weighted by atomic mass is 32.2. The highest BCUT2D eigenvalue weighted by Crippen LogP contribution is 2.20. The molecule has 3 N–H and O–H groups in total. The van der Waals surface area contributed by atoms with Crippen LogP contribution in [0, 0.1) is 6.92 Å². The maximum Gasteiger partial charge on any atom is 0.261 e. The largest absolute Gasteiger partial charge is 0.355 e. The number of nitrogens with one attached hydrogen (secondary N) is 3. The van der Waals surface area contributed by atoms with Gasteiger partial charge in [0.2, 0.25) is 0 Å². The van der Waals surface area contributed by atoms with Crippen LogP contribution in [0.4, 0.5) is 5.69 Å². The molecule has 35 heavy (non-hydrogen) atoms. The van der Waals surface area contributed by atoms with Crippen molar-refractivity contribution in [2.24, 2.45) is 0 Å². The van der Waals surface area contributed by atoms with Gasteiger partial charge in [-0.25, -0.2) is 8.42 Å². The van der Waals surface area contributed by atoms with Crippen LogP contribution < -0.4 is 15.4 Å². The fourth-order valence-corrected chi connectivity index (χ4v) is 4.63. The standard InChI is InChI=1S/C27H31N3O4S/c1-4-5-6-20-10-14-23(15-11-20)30-35(33,34)24-16-7-19(2)25(17-24)27(32)29-18-21-8-12-22(13-9-21)26(31)28-3/h7-17,30H,4-6,18H2,1-3H3,(H,28,31)(H,29,32). The maximum absolute atomic E-state index is 13.0. The van der Waals surface area contributed by atoms with Crippen LogP contribution in [0.2, 0.25) is 0 Å². The number of carbonyl (C=O) groups excluding carboxylic acids is 2. The van der Waals surface area contributed by atoms with Crippen LogP contribution in [0.1, 0.15) is 57.2 Å². The predicted octanol–water partition coefficient (Wildman–Crippen LogP) is 4.43. The molecular weight excluding hydrogens is 462 g/mol. The molecule has 0 unspecified atom stereocenters. The van der Waals surface area contributed by atoms with Crippen molar-refractivity contribution in [2.75, 3.05) is 11.8 Å². The maximum atomic E-state index is 13.0. The average Bonchev–Trinajstić information content (AvgIpc) is 2.86. The molecule has 3 aromatic rings. The fourth-order valence-electron chi connectivity index (χ4n) is 3.54. The molecule has 8 heteroatoms. The summed E-state index contributed by atoms with van der Waals surface area (Å²) in [5, 5.41) is 5.37. The third-order valence-corrected chi connectivity index (χ3v) is 7.06. The molecule has 7 nitrogen and oxygen atoms in total. The van der Waals surface area contributed by atoms with Gasteiger partial charge in [-0.15, -0.1) is 0 Å². The normalized spacial score (nSPS) is 11.1. The molecule has 0 aromatic heterocycles. The van der Waals surface area contributed by atoms with Gasteiger partial charge in [0.1, 0.15) is 0 Å². The molecule has 0 aliphatic heterocycles. The van der Waals surface area contributed by atoms with Crippen molar-refractivity contribution in [3.8, 4) is 0 Å². The van der Waals surface area contributed by atoms with E-state index in [0.29, 0.717) is 16.8 Å². The van der Waals surface area contributed by atoms with Crippen LogP contribution in [0.15, 0.2) is 71.6 Å². The Morgan fingerprint density at radius 3 is 2.14 bits per heavy atom. The van der Waals surface area contributed by atoms with Crippen LogP contribution in [0.25, 0.3) is 0 Å². The molecule has 184 valence electrons. The van der Waals surface area contributed by atoms with E-state index in [1.807, 2.05) is 12.1 Å². The molecule has 0 saturated carbocycles. The smallest absolute Gasteiger partial charge is 0.261 e. The lowest BCUT2D eigenvalue weighted by atomic mass is 10.1. The van der Waals surface area contributed by atoms with Crippen molar-refractivity contribution in [3.63, 3.8) is 0 Å². The lowest BCUT2D eigenvalue weighted by Gasteiger charge is -2.12. The van der Waals surface area contributed by atoms with Gasteiger partial charge >= 0.3 is 0 Å². The van der Waals surface area contributed by atoms with Crippen LogP contribution in [0.5, 0.6) is 0 Å². The third kappa shape index (κ3) is 6.93. The zero-order chi connectivity index (χ0) is 25.4. The molecule has 0 spiro atoms. The van der Waals surface area contributed by atoms with E-state index in [0.717, 1.165) is 30.4 Å². The first-order valence-electron chi connectivity index (χ1n) is 11.5. The van der Waals surface area contributed by atoms with Gasteiger partial charge in [-0.05, 0) is 72.9 Å². The number of benzene rings is 3. The van der Waals surface area contributed by atoms with Crippen LogP contribution in [-0.4, -0.2) is 27.3 Å². The van der Waals surface area contributed by atoms with Crippen molar-refractivity contribution >= 4 is 27.5 Å². The zero-order valence-electron chi connectivity index (χ0n) is 20.2. The molecule has 3 aromatic carbocycles. The molecule has 0 bridgehead atoms. The van der Waals surface area contributed by atoms with Gasteiger partial charge in [-0.3, -0.25) is 14.3 Å². The molecule has 2 amide bonds. The minimum Gasteiger partial charge on any atom is -0.355 e. The molecular formula is C27H31N3O4S. The number of amides is 2. The average molecular weight is 494 g/mol. The summed E-state index contributed by atoms with van der Waals surface area (Å²) >= 11 is 0. The summed E-state index contributed by atoms with van der Waals surface area (Å²) in [4.78, 5) is 24.5. The van der Waals surface area contributed by atoms with E-state index in [9.17, 15) is 18.0 Å². The monoisotopic (exact) mass is 493 g/mol. The Morgan fingerprint density at radius 1 is 0.857 bits per heavy atom. The van der Waals surface area contributed by atoms with E-state index in [2.05, 4.69) is 22.3 Å². The molecule has 0 atom stereocenters. The summed E-state index contributed by atoms with van der Waals surface area (Å²) in [6.07, 6.45) is 3.14. The molecule has 0 fully saturated rings. The number of carbonyl (C=O) groups is 2. The number of aryl methyl sites for hydroxylation is 2. The van der Waals surface area contributed by atoms with Crippen LogP contribution in [0.3, 0.4) is 0 Å². The Morgan fingerprint density at radius 2 is 1.51 bits per heavy atom. The summed E-state index contributed by atoms with van der Waals surface area (Å²) in [6, 6.07) is 18.7. The second kappa shape index (κ2) is 11.7. The molecule has 0 radical (unpaired) electrons. The topological polar surface area (TPSA) is 104 Å². The van der Waals surface area contributed by atoms with Gasteiger partial charge in [0, 0.05) is 30.4 Å². The Labute approximate surface area is 207 Å². The number of sulfonamides is 1. The first-order valence-corrected chi connectivity index (χ1v) is 13.0. The highest BCUT2D eigenvalue weighted by molar-refractivity contribution is 7.92. The molecule has 0 saturated heterocycles. The summed E-state index contributed by atoms with van der Waals surface area (Å²) in [5.41, 5.74) is 3.92. The highest BCUT2D eigenvalue weighted by Gasteiger charge is 2.18. The van der Waals surface area contributed by atoms with Crippen molar-refractivity contribution in [2.45, 2.75) is 44.6 Å². The summed E-state index contributed by atoms with van der Waals surface area (Å²) < 4.78 is 28.5. The van der Waals surface area contributed by atoms with E-state index < -0.39 is 10.0 Å². The first-order chi connectivity index (χ1) is 16.7. The van der Waals surface area contributed by atoms with Crippen LogP contribution in [-0.2, 0) is 23.0 Å². The number of rotatable bonds is 10. The van der Waals surface area contributed by atoms with E-state index in [-0.39, 0.29) is 28.8 Å². The number of hydrogen-bond donors (Lipinski definition) is 3. The summed E-state index contributed by atoms with van der Waals surface area (Å²) in [5.74, 6) is -0.564. The van der Waals surface area contributed by atoms with Gasteiger partial charge in [0.05, 0.1) is 4.90 Å². The Bertz CT molecular complexity index is 1290. The quantitative estimate of drug-likeness (QED) is 0.389. The molecule has 0 aliphatic rings. The lowest BCUT2D eigenvalue weighted by molar-refractivity contribution is 0.0945. The second-order valence-corrected chi connectivity index (χ2v) is 10.0. The molecule has 0 heterocycles. The third-order valence-electron chi connectivity index (χ3n) is 5.69. The number of unbranched alkanes of at least 4 members (excludes halogenated alkanes) is 1. The predicted molar refractivity (Wildman–Crippen MR) is 138 cm³/mol. The van der Waals surface area contributed by atoms with E-state index in [1.54, 1.807) is 56.4 Å². The van der Waals surface area contributed by atoms with E-state index >= 15 is 0 Å². The van der Waals surface area contributed by atoms with Crippen molar-refractivity contribution < 1.29 is 18.0 Å². The van der Waals surface area contributed by atoms with Gasteiger partial charge in [-0.1, -0.05) is 43.7 Å². The van der Waals surface area contributed by atoms with Gasteiger partial charge in [-0.2, -0.15) is 0 Å². The van der Waals surface area contributed by atoms with Gasteiger partial charge in [0.15, 0.2) is 0 Å². The second-order valence-electron chi connectivity index (χ2n) is 8.34. The Hall–Kier alpha value is -3.65. The summed E-state index contributed by atoms with van der Waals surface area (Å²) in [6.45, 7) is 4.13. The minimum atomic E-state index is -3.87. The molecule has 3 rings (SSSR count). The SMILES string of the molecule is CCCCc1ccc(NS(=O)(=O)c2ccc(C)c(C(=O)NCc3ccc(C(=O)NC)cc3)c2)cc1. The Kier molecular flexibility index (Phi) is 8.65. The zero-order valence-corrected chi connectivity index (χ0v) is 21.0. The fraction of sp³-hybridized carbons (Fsp3) is 0.259. The first kappa shape index (κ1) is 26.0. The van der Waals surface area contributed by atoms with Crippen molar-refractivity contribution in [1.29, 1.82) is 0 Å². The van der Waals surface area contributed by atoms with Gasteiger partial charge in [0.25, 0.3) is 21.8 Å². The summed E-state index contributed by atoms with van der Waals surface area (Å²) in [7, 11) is -2.30. The number of hydrogen-bond acceptors (Lipinski definition) is 4. The van der Waals surface area contributed by atoms with Crippen molar-refractivity contribution in [3.05, 3.63) is 94.5 Å². The van der Waals surface area contributed by atoms with Crippen LogP contribution >= 0.6 is 0 Å². The minimum absolute atomic E-state index is 0.0123.